The van der Waals surface area contributed by atoms with Gasteiger partial charge in [0.1, 0.15) is 5.82 Å². The first-order chi connectivity index (χ1) is 10.6. The van der Waals surface area contributed by atoms with Crippen LogP contribution < -0.4 is 5.32 Å². The van der Waals surface area contributed by atoms with Gasteiger partial charge in [0.05, 0.1) is 0 Å². The molecule has 0 bridgehead atoms. The summed E-state index contributed by atoms with van der Waals surface area (Å²) in [4.78, 5) is 11.7. The summed E-state index contributed by atoms with van der Waals surface area (Å²) in [6.45, 7) is 2.71. The van der Waals surface area contributed by atoms with Crippen molar-refractivity contribution in [3.05, 3.63) is 77.1 Å². The maximum Gasteiger partial charge on any atom is 0.243 e. The molecule has 0 saturated carbocycles. The number of hydrogen-bond donors (Lipinski definition) is 1. The summed E-state index contributed by atoms with van der Waals surface area (Å²) in [6, 6.07) is 14.4. The molecule has 2 aromatic rings. The van der Waals surface area contributed by atoms with Crippen molar-refractivity contribution in [2.75, 3.05) is 6.54 Å². The lowest BCUT2D eigenvalue weighted by molar-refractivity contribution is -0.116. The fraction of sp³-hybridized carbons (Fsp3) is 0.211. The van der Waals surface area contributed by atoms with E-state index >= 15 is 0 Å². The van der Waals surface area contributed by atoms with Gasteiger partial charge < -0.3 is 5.32 Å². The number of benzene rings is 2. The predicted octanol–water partition coefficient (Wildman–Crippen LogP) is 3.90. The average molecular weight is 297 g/mol. The highest BCUT2D eigenvalue weighted by Gasteiger charge is 1.97. The van der Waals surface area contributed by atoms with E-state index in [4.69, 9.17) is 0 Å². The number of rotatable bonds is 6. The van der Waals surface area contributed by atoms with Gasteiger partial charge in [0.25, 0.3) is 0 Å². The summed E-state index contributed by atoms with van der Waals surface area (Å²) in [5.74, 6) is -0.411. The van der Waals surface area contributed by atoms with Crippen LogP contribution in [0.5, 0.6) is 0 Å². The zero-order valence-electron chi connectivity index (χ0n) is 12.7. The van der Waals surface area contributed by atoms with E-state index in [9.17, 15) is 9.18 Å². The minimum absolute atomic E-state index is 0.131. The van der Waals surface area contributed by atoms with Gasteiger partial charge in [-0.25, -0.2) is 4.39 Å². The Morgan fingerprint density at radius 3 is 2.68 bits per heavy atom. The molecule has 2 rings (SSSR count). The molecule has 22 heavy (non-hydrogen) atoms. The van der Waals surface area contributed by atoms with Crippen molar-refractivity contribution in [2.24, 2.45) is 0 Å². The maximum atomic E-state index is 12.8. The van der Waals surface area contributed by atoms with E-state index in [2.05, 4.69) is 36.5 Å². The fourth-order valence-electron chi connectivity index (χ4n) is 2.18. The van der Waals surface area contributed by atoms with Crippen LogP contribution in [0.15, 0.2) is 54.6 Å². The second kappa shape index (κ2) is 8.13. The smallest absolute Gasteiger partial charge is 0.243 e. The van der Waals surface area contributed by atoms with E-state index in [1.807, 2.05) is 0 Å². The number of nitrogens with one attached hydrogen (secondary N) is 1. The lowest BCUT2D eigenvalue weighted by atomic mass is 10.1. The van der Waals surface area contributed by atoms with Gasteiger partial charge in [0, 0.05) is 12.6 Å². The zero-order chi connectivity index (χ0) is 15.8. The third-order valence-electron chi connectivity index (χ3n) is 3.32. The molecule has 2 aromatic carbocycles. The van der Waals surface area contributed by atoms with E-state index in [-0.39, 0.29) is 11.7 Å². The van der Waals surface area contributed by atoms with Crippen LogP contribution >= 0.6 is 0 Å². The zero-order valence-corrected chi connectivity index (χ0v) is 12.7. The van der Waals surface area contributed by atoms with E-state index in [1.165, 1.54) is 29.3 Å². The van der Waals surface area contributed by atoms with Crippen molar-refractivity contribution < 1.29 is 9.18 Å². The summed E-state index contributed by atoms with van der Waals surface area (Å²) in [6.07, 6.45) is 5.00. The maximum absolute atomic E-state index is 12.8. The lowest BCUT2D eigenvalue weighted by Gasteiger charge is -2.04. The quantitative estimate of drug-likeness (QED) is 0.636. The van der Waals surface area contributed by atoms with Gasteiger partial charge in [-0.05, 0) is 49.1 Å². The van der Waals surface area contributed by atoms with Crippen molar-refractivity contribution in [2.45, 2.75) is 19.8 Å². The first kappa shape index (κ1) is 16.0. The number of hydrogen-bond acceptors (Lipinski definition) is 1. The van der Waals surface area contributed by atoms with E-state index in [1.54, 1.807) is 18.2 Å². The Hall–Kier alpha value is -2.42. The average Bonchev–Trinajstić information content (AvgIpc) is 2.51. The van der Waals surface area contributed by atoms with Gasteiger partial charge >= 0.3 is 0 Å². The second-order valence-electron chi connectivity index (χ2n) is 5.27. The first-order valence-corrected chi connectivity index (χ1v) is 7.40. The van der Waals surface area contributed by atoms with Crippen LogP contribution in [0.25, 0.3) is 6.08 Å². The molecule has 0 aliphatic rings. The lowest BCUT2D eigenvalue weighted by Crippen LogP contribution is -2.22. The topological polar surface area (TPSA) is 29.1 Å². The highest BCUT2D eigenvalue weighted by molar-refractivity contribution is 5.91. The largest absolute Gasteiger partial charge is 0.353 e. The standard InChI is InChI=1S/C19H20FNO/c1-15-4-2-5-17(14-15)6-3-13-21-19(22)12-9-16-7-10-18(20)11-8-16/h2,4-5,7-12,14H,3,6,13H2,1H3,(H,21,22)/b12-9+. The SMILES string of the molecule is Cc1cccc(CCCNC(=O)/C=C/c2ccc(F)cc2)c1. The van der Waals surface area contributed by atoms with Crippen LogP contribution in [0.4, 0.5) is 4.39 Å². The molecule has 0 spiro atoms. The summed E-state index contributed by atoms with van der Waals surface area (Å²) < 4.78 is 12.8. The van der Waals surface area contributed by atoms with Crippen LogP contribution in [0.3, 0.4) is 0 Å². The molecule has 0 unspecified atom stereocenters. The van der Waals surface area contributed by atoms with Crippen molar-refractivity contribution >= 4 is 12.0 Å². The Bertz CT molecular complexity index is 647. The van der Waals surface area contributed by atoms with Crippen molar-refractivity contribution in [1.29, 1.82) is 0 Å². The number of amides is 1. The summed E-state index contributed by atoms with van der Waals surface area (Å²) in [7, 11) is 0. The number of carbonyl (C=O) groups is 1. The monoisotopic (exact) mass is 297 g/mol. The molecular weight excluding hydrogens is 277 g/mol. The highest BCUT2D eigenvalue weighted by atomic mass is 19.1. The Morgan fingerprint density at radius 1 is 1.18 bits per heavy atom. The Balaban J connectivity index is 1.70. The molecule has 0 aliphatic carbocycles. The summed E-state index contributed by atoms with van der Waals surface area (Å²) in [5, 5.41) is 2.85. The van der Waals surface area contributed by atoms with Gasteiger partial charge in [0.15, 0.2) is 0 Å². The molecule has 1 amide bonds. The van der Waals surface area contributed by atoms with Gasteiger partial charge in [0.2, 0.25) is 5.91 Å². The van der Waals surface area contributed by atoms with Crippen molar-refractivity contribution in [3.63, 3.8) is 0 Å². The molecule has 0 fully saturated rings. The molecule has 3 heteroatoms. The number of halogens is 1. The molecule has 0 saturated heterocycles. The van der Waals surface area contributed by atoms with E-state index in [0.29, 0.717) is 6.54 Å². The van der Waals surface area contributed by atoms with Crippen LogP contribution in [0, 0.1) is 12.7 Å². The van der Waals surface area contributed by atoms with Crippen LogP contribution in [-0.2, 0) is 11.2 Å². The molecule has 2 nitrogen and oxygen atoms in total. The molecule has 1 N–H and O–H groups in total. The van der Waals surface area contributed by atoms with Gasteiger partial charge in [-0.1, -0.05) is 42.0 Å². The molecule has 0 radical (unpaired) electrons. The number of aryl methyl sites for hydroxylation is 2. The van der Waals surface area contributed by atoms with E-state index < -0.39 is 0 Å². The molecular formula is C19H20FNO. The van der Waals surface area contributed by atoms with Crippen LogP contribution in [0.1, 0.15) is 23.1 Å². The van der Waals surface area contributed by atoms with Crippen LogP contribution in [0.2, 0.25) is 0 Å². The minimum Gasteiger partial charge on any atom is -0.353 e. The fourth-order valence-corrected chi connectivity index (χ4v) is 2.18. The molecule has 0 heterocycles. The van der Waals surface area contributed by atoms with Gasteiger partial charge in [-0.2, -0.15) is 0 Å². The third kappa shape index (κ3) is 5.52. The second-order valence-corrected chi connectivity index (χ2v) is 5.27. The van der Waals surface area contributed by atoms with Crippen molar-refractivity contribution in [3.8, 4) is 0 Å². The summed E-state index contributed by atoms with van der Waals surface area (Å²) >= 11 is 0. The van der Waals surface area contributed by atoms with Gasteiger partial charge in [-0.3, -0.25) is 4.79 Å². The first-order valence-electron chi connectivity index (χ1n) is 7.40. The van der Waals surface area contributed by atoms with Gasteiger partial charge in [-0.15, -0.1) is 0 Å². The molecule has 0 aromatic heterocycles. The molecule has 114 valence electrons. The minimum atomic E-state index is -0.280. The highest BCUT2D eigenvalue weighted by Crippen LogP contribution is 2.06. The summed E-state index contributed by atoms with van der Waals surface area (Å²) in [5.41, 5.74) is 3.34. The molecule has 0 atom stereocenters. The normalized spacial score (nSPS) is 10.8. The number of carbonyl (C=O) groups excluding carboxylic acids is 1. The van der Waals surface area contributed by atoms with E-state index in [0.717, 1.165) is 18.4 Å². The Kier molecular flexibility index (Phi) is 5.90. The Morgan fingerprint density at radius 2 is 1.95 bits per heavy atom. The third-order valence-corrected chi connectivity index (χ3v) is 3.32. The Labute approximate surface area is 130 Å². The van der Waals surface area contributed by atoms with Crippen LogP contribution in [-0.4, -0.2) is 12.5 Å². The predicted molar refractivity (Wildman–Crippen MR) is 87.9 cm³/mol. The van der Waals surface area contributed by atoms with Crippen molar-refractivity contribution in [1.82, 2.24) is 5.32 Å². The molecule has 0 aliphatic heterocycles.